The minimum atomic E-state index is -0.412. The second-order valence-corrected chi connectivity index (χ2v) is 40.6. The fraction of sp³-hybridized carbons (Fsp3) is 0.549. The molecule has 28 heteroatoms. The van der Waals surface area contributed by atoms with Crippen molar-refractivity contribution in [3.63, 3.8) is 0 Å². The Morgan fingerprint density at radius 3 is 1.31 bits per heavy atom. The van der Waals surface area contributed by atoms with Crippen LogP contribution in [0.4, 0.5) is 0 Å². The first-order valence-corrected chi connectivity index (χ1v) is 47.5. The van der Waals surface area contributed by atoms with Crippen molar-refractivity contribution in [1.82, 2.24) is 111 Å². The van der Waals surface area contributed by atoms with Gasteiger partial charge in [0.25, 0.3) is 0 Å². The number of hydrogen-bond acceptors (Lipinski definition) is 20. The van der Waals surface area contributed by atoms with Gasteiger partial charge in [-0.15, -0.1) is 0 Å². The smallest absolute Gasteiger partial charge is 0.224 e. The van der Waals surface area contributed by atoms with Crippen molar-refractivity contribution in [3.05, 3.63) is 197 Å². The van der Waals surface area contributed by atoms with Crippen molar-refractivity contribution < 1.29 is 28.8 Å². The molecule has 11 aromatic rings. The highest BCUT2D eigenvalue weighted by Crippen LogP contribution is 2.54. The lowest BCUT2D eigenvalue weighted by Gasteiger charge is -2.28. The van der Waals surface area contributed by atoms with Crippen LogP contribution >= 0.6 is 0 Å². The Bertz CT molecular complexity index is 5920. The molecule has 13 aliphatic rings. The number of piperidine rings is 6. The number of rotatable bonds is 20. The lowest BCUT2D eigenvalue weighted by atomic mass is 9.91. The van der Waals surface area contributed by atoms with Crippen molar-refractivity contribution in [3.8, 4) is 0 Å². The molecular formula is C102H132N22O6. The molecule has 6 aliphatic carbocycles. The van der Waals surface area contributed by atoms with Gasteiger partial charge in [0.15, 0.2) is 0 Å². The van der Waals surface area contributed by atoms with Gasteiger partial charge in [-0.3, -0.25) is 33.4 Å². The number of para-hydroxylation sites is 2. The Morgan fingerprint density at radius 2 is 0.823 bits per heavy atom. The Morgan fingerprint density at radius 1 is 0.415 bits per heavy atom. The summed E-state index contributed by atoms with van der Waals surface area (Å²) in [5.74, 6) is 13.6. The summed E-state index contributed by atoms with van der Waals surface area (Å²) < 4.78 is 8.09. The van der Waals surface area contributed by atoms with Gasteiger partial charge in [0.2, 0.25) is 23.6 Å². The minimum Gasteiger partial charge on any atom is -0.347 e. The van der Waals surface area contributed by atoms with E-state index < -0.39 is 5.54 Å². The number of imidazole rings is 2. The maximum Gasteiger partial charge on any atom is 0.224 e. The number of pyridine rings is 3. The van der Waals surface area contributed by atoms with E-state index in [9.17, 15) is 28.8 Å². The van der Waals surface area contributed by atoms with Crippen LogP contribution in [-0.4, -0.2) is 172 Å². The molecule has 10 N–H and O–H groups in total. The first kappa shape index (κ1) is 89.9. The van der Waals surface area contributed by atoms with Crippen molar-refractivity contribution in [2.24, 2.45) is 107 Å². The Labute approximate surface area is 762 Å². The second kappa shape index (κ2) is 36.5. The lowest BCUT2D eigenvalue weighted by Crippen LogP contribution is -2.43. The molecule has 130 heavy (non-hydrogen) atoms. The summed E-state index contributed by atoms with van der Waals surface area (Å²) in [5, 5.41) is 43.8. The van der Waals surface area contributed by atoms with Crippen LogP contribution in [0.25, 0.3) is 38.4 Å². The molecule has 6 saturated carbocycles. The van der Waals surface area contributed by atoms with Crippen LogP contribution in [0.15, 0.2) is 128 Å². The van der Waals surface area contributed by atoms with Crippen LogP contribution in [-0.2, 0) is 52.8 Å². The van der Waals surface area contributed by atoms with E-state index in [0.717, 1.165) is 176 Å². The van der Waals surface area contributed by atoms with Crippen molar-refractivity contribution in [2.75, 3.05) is 78.5 Å². The molecule has 0 bridgehead atoms. The number of Topliss-reactive ketones (excluding diaryl/α,β-unsaturated/α-hetero) is 2. The van der Waals surface area contributed by atoms with E-state index in [0.29, 0.717) is 107 Å². The summed E-state index contributed by atoms with van der Waals surface area (Å²) >= 11 is 0. The third kappa shape index (κ3) is 17.9. The molecule has 0 radical (unpaired) electrons. The lowest BCUT2D eigenvalue weighted by molar-refractivity contribution is -0.125. The van der Waals surface area contributed by atoms with Gasteiger partial charge in [-0.05, 0) is 292 Å². The highest BCUT2D eigenvalue weighted by Gasteiger charge is 2.62. The maximum absolute atomic E-state index is 12.6. The maximum atomic E-state index is 12.6. The van der Waals surface area contributed by atoms with Crippen LogP contribution in [0.2, 0.25) is 0 Å². The van der Waals surface area contributed by atoms with Crippen LogP contribution < -0.4 is 53.2 Å². The van der Waals surface area contributed by atoms with Gasteiger partial charge in [0.05, 0.1) is 86.9 Å². The van der Waals surface area contributed by atoms with Crippen LogP contribution in [0.5, 0.6) is 0 Å². The summed E-state index contributed by atoms with van der Waals surface area (Å²) in [4.78, 5) is 102. The number of aromatic nitrogens is 12. The molecule has 0 spiro atoms. The van der Waals surface area contributed by atoms with Gasteiger partial charge in [-0.2, -0.15) is 10.2 Å². The molecule has 686 valence electrons. The molecule has 7 aliphatic heterocycles. The van der Waals surface area contributed by atoms with Gasteiger partial charge in [0, 0.05) is 113 Å². The third-order valence-corrected chi connectivity index (χ3v) is 31.0. The minimum absolute atomic E-state index is 0. The molecule has 6 saturated heterocycles. The molecule has 4 amide bonds. The average molecular weight is 1760 g/mol. The van der Waals surface area contributed by atoms with Crippen molar-refractivity contribution in [2.45, 2.75) is 171 Å². The number of ketones is 2. The monoisotopic (exact) mass is 1760 g/mol. The Balaban J connectivity index is 0.000000105. The van der Waals surface area contributed by atoms with Gasteiger partial charge in [-0.25, -0.2) is 34.4 Å². The fourth-order valence-corrected chi connectivity index (χ4v) is 23.5. The molecule has 8 unspecified atom stereocenters. The molecule has 16 heterocycles. The van der Waals surface area contributed by atoms with E-state index in [1.165, 1.54) is 35.2 Å². The van der Waals surface area contributed by atoms with Gasteiger partial charge < -0.3 is 62.0 Å². The Kier molecular flexibility index (Phi) is 25.3. The number of carbonyl (C=O) groups is 6. The standard InChI is InChI=1S/C19H23N3O.C18H21N3O.2C16H20N4O.C16H24N4O.C16H20N4O.CH4/c1-10-5-4-6-13-18(10)21-12(3)22-19(13)11(2)7-16(23)17-14-8-20-9-15(14)17;1-10(7-16(22)17-13-8-19-9-14(13)17)18-12-5-3-4-6-15(12)20-11(2)21-18;2*1-9-4-3-5-20-13(9)8-18-15(20)10(2)19-16(21)14-11-6-17-7-12(11)14;2*1-16(2,12-9-18-20-6-4-3-5-13(12)20)19-15(21)14-10-7-17-8-11(10)14;/h4-6,11,14-15,17,20H,7-9H2,1-3H3;3-6,10,13-14,17,19H,7-9H2,1-2H3;2*3-5,8,10-12,14,17H,6-7H2,1-2H3,(H,19,21);9-11,14,17H,3-8H2,1-2H3,(H,19,21);3-6,9-11,14,17H,7-8H2,1-2H3,(H,19,21);1H4/t11?,14-,15+,17?;10?,13-,14+,17?;2*10-,11-,12+,14?;2*10-,11+,14?;/m..10.../s1. The largest absolute Gasteiger partial charge is 0.347 e. The molecule has 12 fully saturated rings. The number of nitrogens with zero attached hydrogens (tertiary/aromatic N) is 12. The van der Waals surface area contributed by atoms with Crippen LogP contribution in [0.3, 0.4) is 0 Å². The number of amides is 4. The zero-order chi connectivity index (χ0) is 89.7. The van der Waals surface area contributed by atoms with E-state index in [2.05, 4.69) is 186 Å². The summed E-state index contributed by atoms with van der Waals surface area (Å²) in [5.41, 5.74) is 13.6. The third-order valence-electron chi connectivity index (χ3n) is 31.0. The van der Waals surface area contributed by atoms with E-state index >= 15 is 0 Å². The number of carbonyl (C=O) groups excluding carboxylic acids is 6. The average Bonchev–Trinajstić information content (AvgIpc) is 1.57. The number of nitrogens with one attached hydrogen (secondary N) is 10. The van der Waals surface area contributed by atoms with Gasteiger partial charge in [0.1, 0.15) is 34.9 Å². The summed E-state index contributed by atoms with van der Waals surface area (Å²) in [6, 6.07) is 28.3. The van der Waals surface area contributed by atoms with Crippen LogP contribution in [0.1, 0.15) is 181 Å². The number of benzene rings is 2. The summed E-state index contributed by atoms with van der Waals surface area (Å²) in [7, 11) is 0. The van der Waals surface area contributed by atoms with E-state index in [4.69, 9.17) is 0 Å². The van der Waals surface area contributed by atoms with Crippen LogP contribution in [0, 0.1) is 141 Å². The predicted molar refractivity (Wildman–Crippen MR) is 502 cm³/mol. The topological polar surface area (TPSA) is 344 Å². The number of hydrogen-bond donors (Lipinski definition) is 10. The zero-order valence-electron chi connectivity index (χ0n) is 76.9. The predicted octanol–water partition coefficient (Wildman–Crippen LogP) is 10.6. The van der Waals surface area contributed by atoms with Gasteiger partial charge >= 0.3 is 0 Å². The molecule has 24 rings (SSSR count). The van der Waals surface area contributed by atoms with Crippen molar-refractivity contribution >= 4 is 73.6 Å². The molecule has 22 atom stereocenters. The SMILES string of the molecule is C.CC(C)(NC(=O)C1[C@H]2CNC[C@@H]12)c1cnn2c1CCCC2.CC(C)(NC(=O)C1[C@H]2CNC[C@@H]12)c1cnn2ccccc12.Cc1cccn2c([C@@H](C)NC(=O)C3[C@H]4CNC[C@@H]34)ncc12.Cc1cccn2c([C@H](C)NC(=O)C3[C@H]4CNC[C@@H]34)ncc12.Cc1nc(C(C)CC(=O)C2[C@H]3CNC[C@@H]23)c2cccc(C)c2n1.Cc1nc(C(C)CC(=O)C2[C@H]3CNC[C@@H]23)c2ccccc2n1. The summed E-state index contributed by atoms with van der Waals surface area (Å²) in [6.07, 6.45) is 18.2. The Hall–Kier alpha value is -10.6. The molecule has 9 aromatic heterocycles. The van der Waals surface area contributed by atoms with E-state index in [1.807, 2.05) is 144 Å². The molecular weight excluding hydrogens is 1630 g/mol. The first-order chi connectivity index (χ1) is 62.2. The number of fused-ring (bicyclic) bond motifs is 12. The highest BCUT2D eigenvalue weighted by molar-refractivity contribution is 5.90. The van der Waals surface area contributed by atoms with Gasteiger partial charge in [-0.1, -0.05) is 75.9 Å². The highest BCUT2D eigenvalue weighted by atomic mass is 16.2. The van der Waals surface area contributed by atoms with E-state index in [-0.39, 0.29) is 84.2 Å². The quantitative estimate of drug-likeness (QED) is 0.0339. The fourth-order valence-electron chi connectivity index (χ4n) is 23.5. The first-order valence-electron chi connectivity index (χ1n) is 47.5. The normalized spacial score (nSPS) is 28.0. The molecule has 2 aromatic carbocycles. The summed E-state index contributed by atoms with van der Waals surface area (Å²) in [6.45, 7) is 39.6. The zero-order valence-corrected chi connectivity index (χ0v) is 76.9. The number of aryl methyl sites for hydroxylation is 6. The van der Waals surface area contributed by atoms with E-state index in [1.54, 1.807) is 0 Å². The molecule has 28 nitrogen and oxygen atoms in total. The van der Waals surface area contributed by atoms with Crippen molar-refractivity contribution in [1.29, 1.82) is 0 Å². The second-order valence-electron chi connectivity index (χ2n) is 40.6.